The molecular weight excluding hydrogens is 226 g/mol. The number of hydrogen-bond donors (Lipinski definition) is 2. The zero-order valence-electron chi connectivity index (χ0n) is 8.85. The molecule has 2 aromatic heterocycles. The molecule has 0 spiro atoms. The van der Waals surface area contributed by atoms with Crippen LogP contribution in [-0.2, 0) is 9.47 Å². The smallest absolute Gasteiger partial charge is 0.224 e. The predicted molar refractivity (Wildman–Crippen MR) is 55.8 cm³/mol. The summed E-state index contributed by atoms with van der Waals surface area (Å²) in [4.78, 5) is 7.94. The van der Waals surface area contributed by atoms with Gasteiger partial charge in [0.25, 0.3) is 0 Å². The summed E-state index contributed by atoms with van der Waals surface area (Å²) in [7, 11) is 0. The first-order valence-corrected chi connectivity index (χ1v) is 5.11. The number of rotatable bonds is 2. The molecule has 2 atom stereocenters. The lowest BCUT2D eigenvalue weighted by atomic mass is 10.2. The van der Waals surface area contributed by atoms with Crippen LogP contribution >= 0.6 is 0 Å². The molecule has 0 amide bonds. The van der Waals surface area contributed by atoms with Gasteiger partial charge in [0.1, 0.15) is 12.4 Å². The Hall–Kier alpha value is -1.77. The maximum atomic E-state index is 8.92. The highest BCUT2D eigenvalue weighted by molar-refractivity contribution is 5.50. The van der Waals surface area contributed by atoms with Crippen LogP contribution in [0.25, 0.3) is 5.65 Å². The van der Waals surface area contributed by atoms with Gasteiger partial charge in [-0.3, -0.25) is 0 Å². The number of aliphatic hydroxyl groups is 1. The zero-order valence-corrected chi connectivity index (χ0v) is 8.85. The fraction of sp³-hybridized carbons (Fsp3) is 0.444. The van der Waals surface area contributed by atoms with E-state index in [1.165, 1.54) is 10.8 Å². The molecule has 1 aliphatic heterocycles. The van der Waals surface area contributed by atoms with Gasteiger partial charge in [0.15, 0.2) is 11.9 Å². The standard InChI is InChI=1S/C9H11N5O3/c10-9-12-4-11-8-5(1-13-14(8)9)6-3-16-7(2-15)17-6/h1,4,6-7,15H,2-3H2,(H2,10,11,12)/t6-,7-/m0/s1. The molecular formula is C9H11N5O3. The van der Waals surface area contributed by atoms with E-state index in [1.807, 2.05) is 0 Å². The Morgan fingerprint density at radius 1 is 1.53 bits per heavy atom. The minimum absolute atomic E-state index is 0.174. The van der Waals surface area contributed by atoms with Crippen molar-refractivity contribution in [3.63, 3.8) is 0 Å². The number of nitrogen functional groups attached to an aromatic ring is 1. The van der Waals surface area contributed by atoms with Crippen LogP contribution in [0.4, 0.5) is 5.95 Å². The van der Waals surface area contributed by atoms with Gasteiger partial charge < -0.3 is 20.3 Å². The average molecular weight is 237 g/mol. The van der Waals surface area contributed by atoms with Gasteiger partial charge in [0, 0.05) is 5.56 Å². The molecule has 3 rings (SSSR count). The third-order valence-electron chi connectivity index (χ3n) is 2.60. The second-order valence-corrected chi connectivity index (χ2v) is 3.64. The molecule has 0 aliphatic carbocycles. The van der Waals surface area contributed by atoms with E-state index in [9.17, 15) is 0 Å². The van der Waals surface area contributed by atoms with E-state index in [0.717, 1.165) is 5.56 Å². The van der Waals surface area contributed by atoms with Crippen molar-refractivity contribution >= 4 is 11.6 Å². The van der Waals surface area contributed by atoms with E-state index in [-0.39, 0.29) is 18.7 Å². The highest BCUT2D eigenvalue weighted by Crippen LogP contribution is 2.28. The highest BCUT2D eigenvalue weighted by Gasteiger charge is 2.29. The van der Waals surface area contributed by atoms with Crippen LogP contribution in [-0.4, -0.2) is 44.2 Å². The van der Waals surface area contributed by atoms with Gasteiger partial charge in [-0.25, -0.2) is 9.97 Å². The molecule has 1 aliphatic rings. The van der Waals surface area contributed by atoms with Gasteiger partial charge in [0.2, 0.25) is 5.95 Å². The highest BCUT2D eigenvalue weighted by atomic mass is 16.7. The molecule has 8 heteroatoms. The molecule has 8 nitrogen and oxygen atoms in total. The van der Waals surface area contributed by atoms with Crippen LogP contribution in [0.1, 0.15) is 11.7 Å². The van der Waals surface area contributed by atoms with Gasteiger partial charge in [-0.05, 0) is 0 Å². The maximum absolute atomic E-state index is 8.92. The normalized spacial score (nSPS) is 24.5. The number of nitrogens with zero attached hydrogens (tertiary/aromatic N) is 4. The summed E-state index contributed by atoms with van der Waals surface area (Å²) in [6, 6.07) is 0. The molecule has 3 heterocycles. The third kappa shape index (κ3) is 1.62. The first-order valence-electron chi connectivity index (χ1n) is 5.11. The summed E-state index contributed by atoms with van der Waals surface area (Å²) >= 11 is 0. The summed E-state index contributed by atoms with van der Waals surface area (Å²) in [5.41, 5.74) is 7.02. The quantitative estimate of drug-likeness (QED) is 0.697. The minimum atomic E-state index is -0.589. The minimum Gasteiger partial charge on any atom is -0.391 e. The Bertz CT molecular complexity index is 542. The molecule has 0 unspecified atom stereocenters. The lowest BCUT2D eigenvalue weighted by Gasteiger charge is -2.07. The SMILES string of the molecule is Nc1ncnc2c([C@@H]3CO[C@H](CO)O3)cnn12. The second-order valence-electron chi connectivity index (χ2n) is 3.64. The van der Waals surface area contributed by atoms with E-state index in [0.29, 0.717) is 12.3 Å². The Kier molecular flexibility index (Phi) is 2.39. The lowest BCUT2D eigenvalue weighted by molar-refractivity contribution is -0.0880. The van der Waals surface area contributed by atoms with Crippen molar-refractivity contribution in [3.8, 4) is 0 Å². The molecule has 1 fully saturated rings. The fourth-order valence-corrected chi connectivity index (χ4v) is 1.79. The van der Waals surface area contributed by atoms with Crippen LogP contribution in [0.2, 0.25) is 0 Å². The number of anilines is 1. The summed E-state index contributed by atoms with van der Waals surface area (Å²) in [6.07, 6.45) is 2.11. The van der Waals surface area contributed by atoms with Gasteiger partial charge in [0.05, 0.1) is 19.4 Å². The van der Waals surface area contributed by atoms with Crippen LogP contribution in [0.5, 0.6) is 0 Å². The van der Waals surface area contributed by atoms with Crippen LogP contribution in [0, 0.1) is 0 Å². The Labute approximate surface area is 96.0 Å². The zero-order chi connectivity index (χ0) is 11.8. The summed E-state index contributed by atoms with van der Waals surface area (Å²) in [6.45, 7) is 0.184. The molecule has 1 saturated heterocycles. The van der Waals surface area contributed by atoms with Crippen molar-refractivity contribution < 1.29 is 14.6 Å². The molecule has 17 heavy (non-hydrogen) atoms. The first-order chi connectivity index (χ1) is 8.29. The van der Waals surface area contributed by atoms with Crippen molar-refractivity contribution in [2.75, 3.05) is 18.9 Å². The van der Waals surface area contributed by atoms with Crippen LogP contribution < -0.4 is 5.73 Å². The molecule has 0 aromatic carbocycles. The molecule has 90 valence electrons. The number of fused-ring (bicyclic) bond motifs is 1. The molecule has 0 bridgehead atoms. The van der Waals surface area contributed by atoms with Crippen LogP contribution in [0.3, 0.4) is 0 Å². The van der Waals surface area contributed by atoms with Gasteiger partial charge >= 0.3 is 0 Å². The Morgan fingerprint density at radius 2 is 2.41 bits per heavy atom. The lowest BCUT2D eigenvalue weighted by Crippen LogP contribution is -2.12. The summed E-state index contributed by atoms with van der Waals surface area (Å²) < 4.78 is 12.1. The molecule has 0 saturated carbocycles. The molecule has 3 N–H and O–H groups in total. The molecule has 2 aromatic rings. The van der Waals surface area contributed by atoms with E-state index in [2.05, 4.69) is 15.1 Å². The van der Waals surface area contributed by atoms with Crippen molar-refractivity contribution in [2.24, 2.45) is 0 Å². The van der Waals surface area contributed by atoms with Gasteiger partial charge in [-0.15, -0.1) is 0 Å². The van der Waals surface area contributed by atoms with Crippen molar-refractivity contribution in [1.29, 1.82) is 0 Å². The van der Waals surface area contributed by atoms with E-state index < -0.39 is 6.29 Å². The van der Waals surface area contributed by atoms with E-state index in [4.69, 9.17) is 20.3 Å². The number of ether oxygens (including phenoxy) is 2. The Morgan fingerprint density at radius 3 is 3.18 bits per heavy atom. The van der Waals surface area contributed by atoms with Crippen molar-refractivity contribution in [2.45, 2.75) is 12.4 Å². The topological polar surface area (TPSA) is 108 Å². The number of aromatic nitrogens is 4. The number of aliphatic hydroxyl groups excluding tert-OH is 1. The number of hydrogen-bond acceptors (Lipinski definition) is 7. The first kappa shape index (κ1) is 10.4. The van der Waals surface area contributed by atoms with E-state index >= 15 is 0 Å². The van der Waals surface area contributed by atoms with Crippen molar-refractivity contribution in [1.82, 2.24) is 19.6 Å². The average Bonchev–Trinajstić information content (AvgIpc) is 2.94. The second kappa shape index (κ2) is 3.91. The van der Waals surface area contributed by atoms with Crippen LogP contribution in [0.15, 0.2) is 12.5 Å². The predicted octanol–water partition coefficient (Wildman–Crippen LogP) is -0.887. The number of nitrogens with two attached hydrogens (primary N) is 1. The molecule has 0 radical (unpaired) electrons. The maximum Gasteiger partial charge on any atom is 0.224 e. The Balaban J connectivity index is 1.99. The summed E-state index contributed by atoms with van der Waals surface area (Å²) in [5, 5.41) is 13.0. The monoisotopic (exact) mass is 237 g/mol. The fourth-order valence-electron chi connectivity index (χ4n) is 1.79. The third-order valence-corrected chi connectivity index (χ3v) is 2.60. The van der Waals surface area contributed by atoms with Gasteiger partial charge in [-0.1, -0.05) is 0 Å². The van der Waals surface area contributed by atoms with Crippen molar-refractivity contribution in [3.05, 3.63) is 18.1 Å². The summed E-state index contributed by atoms with van der Waals surface area (Å²) in [5.74, 6) is 0.263. The van der Waals surface area contributed by atoms with Gasteiger partial charge in [-0.2, -0.15) is 9.61 Å². The largest absolute Gasteiger partial charge is 0.391 e. The van der Waals surface area contributed by atoms with E-state index in [1.54, 1.807) is 6.20 Å².